The van der Waals surface area contributed by atoms with Gasteiger partial charge in [0.05, 0.1) is 11.7 Å². The minimum Gasteiger partial charge on any atom is -0.377 e. The van der Waals surface area contributed by atoms with E-state index in [4.69, 9.17) is 9.26 Å². The number of rotatable bonds is 5. The van der Waals surface area contributed by atoms with Gasteiger partial charge in [-0.3, -0.25) is 4.40 Å². The summed E-state index contributed by atoms with van der Waals surface area (Å²) in [6.07, 6.45) is 6.55. The molecule has 4 aromatic heterocycles. The Morgan fingerprint density at radius 1 is 1.37 bits per heavy atom. The van der Waals surface area contributed by atoms with Crippen molar-refractivity contribution >= 4 is 39.4 Å². The zero-order chi connectivity index (χ0) is 18.4. The van der Waals surface area contributed by atoms with E-state index in [2.05, 4.69) is 57.3 Å². The van der Waals surface area contributed by atoms with Crippen LogP contribution in [0.3, 0.4) is 0 Å². The van der Waals surface area contributed by atoms with Gasteiger partial charge in [-0.05, 0) is 24.8 Å². The molecule has 0 aliphatic heterocycles. The summed E-state index contributed by atoms with van der Waals surface area (Å²) < 4.78 is 13.0. The number of hydrogen-bond acceptors (Lipinski definition) is 7. The van der Waals surface area contributed by atoms with Crippen LogP contribution in [0.15, 0.2) is 23.0 Å². The molecular weight excluding hydrogens is 461 g/mol. The Labute approximate surface area is 168 Å². The molecule has 1 N–H and O–H groups in total. The van der Waals surface area contributed by atoms with Gasteiger partial charge < -0.3 is 14.2 Å². The van der Waals surface area contributed by atoms with Crippen LogP contribution < -0.4 is 0 Å². The number of halogens is 1. The van der Waals surface area contributed by atoms with Crippen LogP contribution in [0.4, 0.5) is 0 Å². The third-order valence-corrected chi connectivity index (χ3v) is 6.50. The molecule has 3 atom stereocenters. The molecule has 0 spiro atoms. The van der Waals surface area contributed by atoms with Crippen LogP contribution in [-0.2, 0) is 17.8 Å². The molecule has 1 aliphatic rings. The molecule has 9 nitrogen and oxygen atoms in total. The van der Waals surface area contributed by atoms with Crippen molar-refractivity contribution in [1.29, 1.82) is 0 Å². The highest BCUT2D eigenvalue weighted by Crippen LogP contribution is 2.43. The van der Waals surface area contributed by atoms with Crippen LogP contribution in [0.25, 0.3) is 16.8 Å². The summed E-state index contributed by atoms with van der Waals surface area (Å²) in [6, 6.07) is 2.02. The lowest BCUT2D eigenvalue weighted by Crippen LogP contribution is -2.09. The second-order valence-electron chi connectivity index (χ2n) is 6.92. The Morgan fingerprint density at radius 3 is 3.19 bits per heavy atom. The molecule has 0 bridgehead atoms. The SMILES string of the molecule is COCc1noc(C[C@H]2C[C@@H](I)[C@@H](c3nnc4cnc5[nH]ccc5n34)C2)n1. The first kappa shape index (κ1) is 17.0. The van der Waals surface area contributed by atoms with E-state index in [1.165, 1.54) is 0 Å². The van der Waals surface area contributed by atoms with E-state index in [0.29, 0.717) is 34.1 Å². The van der Waals surface area contributed by atoms with Crippen LogP contribution in [-0.4, -0.2) is 45.7 Å². The van der Waals surface area contributed by atoms with Gasteiger partial charge in [0.25, 0.3) is 0 Å². The number of nitrogens with one attached hydrogen (secondary N) is 1. The third-order valence-electron chi connectivity index (χ3n) is 5.13. The smallest absolute Gasteiger partial charge is 0.227 e. The van der Waals surface area contributed by atoms with Crippen LogP contribution in [0.5, 0.6) is 0 Å². The quantitative estimate of drug-likeness (QED) is 0.347. The lowest BCUT2D eigenvalue weighted by Gasteiger charge is -2.12. The van der Waals surface area contributed by atoms with E-state index < -0.39 is 0 Å². The van der Waals surface area contributed by atoms with E-state index in [9.17, 15) is 0 Å². The summed E-state index contributed by atoms with van der Waals surface area (Å²) in [7, 11) is 1.62. The third kappa shape index (κ3) is 3.00. The Balaban J connectivity index is 1.41. The van der Waals surface area contributed by atoms with E-state index in [-0.39, 0.29) is 0 Å². The molecular formula is C17H18IN7O2. The predicted octanol–water partition coefficient (Wildman–Crippen LogP) is 2.67. The topological polar surface area (TPSA) is 107 Å². The largest absolute Gasteiger partial charge is 0.377 e. The number of aromatic nitrogens is 7. The van der Waals surface area contributed by atoms with Gasteiger partial charge in [0.15, 0.2) is 17.1 Å². The zero-order valence-electron chi connectivity index (χ0n) is 14.7. The lowest BCUT2D eigenvalue weighted by atomic mass is 10.0. The first-order valence-electron chi connectivity index (χ1n) is 8.84. The molecule has 1 aliphatic carbocycles. The van der Waals surface area contributed by atoms with Crippen LogP contribution in [0.1, 0.15) is 36.3 Å². The fourth-order valence-electron chi connectivity index (χ4n) is 3.97. The predicted molar refractivity (Wildman–Crippen MR) is 105 cm³/mol. The summed E-state index contributed by atoms with van der Waals surface area (Å²) in [4.78, 5) is 12.0. The molecule has 0 unspecified atom stereocenters. The molecule has 1 fully saturated rings. The molecule has 27 heavy (non-hydrogen) atoms. The fraction of sp³-hybridized carbons (Fsp3) is 0.471. The summed E-state index contributed by atoms with van der Waals surface area (Å²) in [5.74, 6) is 3.08. The van der Waals surface area contributed by atoms with Crippen LogP contribution in [0, 0.1) is 5.92 Å². The van der Waals surface area contributed by atoms with E-state index in [0.717, 1.165) is 41.9 Å². The Bertz CT molecular complexity index is 1090. The van der Waals surface area contributed by atoms with Crippen molar-refractivity contribution < 1.29 is 9.26 Å². The normalized spacial score (nSPS) is 23.0. The minimum atomic E-state index is 0.326. The van der Waals surface area contributed by atoms with Gasteiger partial charge in [-0.2, -0.15) is 4.98 Å². The second kappa shape index (κ2) is 6.82. The number of methoxy groups -OCH3 is 1. The van der Waals surface area contributed by atoms with Crippen molar-refractivity contribution in [2.45, 2.75) is 35.7 Å². The maximum Gasteiger partial charge on any atom is 0.227 e. The molecule has 0 radical (unpaired) electrons. The van der Waals surface area contributed by atoms with Crippen molar-refractivity contribution in [3.63, 3.8) is 0 Å². The lowest BCUT2D eigenvalue weighted by molar-refractivity contribution is 0.174. The summed E-state index contributed by atoms with van der Waals surface area (Å²) in [5.41, 5.74) is 2.64. The highest BCUT2D eigenvalue weighted by atomic mass is 127. The number of aromatic amines is 1. The number of nitrogens with zero attached hydrogens (tertiary/aromatic N) is 6. The number of ether oxygens (including phenoxy) is 1. The Kier molecular flexibility index (Phi) is 4.31. The molecule has 0 aromatic carbocycles. The molecule has 0 amide bonds. The van der Waals surface area contributed by atoms with Gasteiger partial charge in [0.1, 0.15) is 12.4 Å². The maximum absolute atomic E-state index is 5.37. The zero-order valence-corrected chi connectivity index (χ0v) is 16.8. The fourth-order valence-corrected chi connectivity index (χ4v) is 5.30. The number of alkyl halides is 1. The van der Waals surface area contributed by atoms with Gasteiger partial charge in [0, 0.05) is 29.6 Å². The average molecular weight is 479 g/mol. The van der Waals surface area contributed by atoms with E-state index in [1.807, 2.05) is 12.3 Å². The minimum absolute atomic E-state index is 0.326. The van der Waals surface area contributed by atoms with Gasteiger partial charge in [-0.15, -0.1) is 10.2 Å². The average Bonchev–Trinajstić information content (AvgIpc) is 3.41. The Morgan fingerprint density at radius 2 is 2.30 bits per heavy atom. The van der Waals surface area contributed by atoms with Gasteiger partial charge in [-0.25, -0.2) is 4.98 Å². The summed E-state index contributed by atoms with van der Waals surface area (Å²) in [6.45, 7) is 0.373. The molecule has 0 saturated heterocycles. The van der Waals surface area contributed by atoms with Crippen molar-refractivity contribution in [2.24, 2.45) is 5.92 Å². The first-order chi connectivity index (χ1) is 13.2. The van der Waals surface area contributed by atoms with Crippen molar-refractivity contribution in [3.05, 3.63) is 36.0 Å². The highest BCUT2D eigenvalue weighted by molar-refractivity contribution is 14.1. The van der Waals surface area contributed by atoms with E-state index >= 15 is 0 Å². The second-order valence-corrected chi connectivity index (χ2v) is 8.52. The van der Waals surface area contributed by atoms with Crippen molar-refractivity contribution in [2.75, 3.05) is 7.11 Å². The standard InChI is InChI=1S/C17H18IN7O2/c1-26-8-13-21-15(27-24-13)6-9-4-10(11(18)5-9)17-23-22-14-7-20-16-12(25(14)17)2-3-19-16/h2-3,7,9-11,19H,4-6,8H2,1H3/t9-,10+,11-/m1/s1. The highest BCUT2D eigenvalue weighted by Gasteiger charge is 2.37. The monoisotopic (exact) mass is 479 g/mol. The molecule has 5 rings (SSSR count). The molecule has 10 heteroatoms. The van der Waals surface area contributed by atoms with Crippen molar-refractivity contribution in [3.8, 4) is 0 Å². The summed E-state index contributed by atoms with van der Waals surface area (Å²) in [5, 5.41) is 12.8. The number of H-pyrrole nitrogens is 1. The van der Waals surface area contributed by atoms with Gasteiger partial charge in [-0.1, -0.05) is 27.7 Å². The number of fused-ring (bicyclic) bond motifs is 3. The molecule has 140 valence electrons. The van der Waals surface area contributed by atoms with E-state index in [1.54, 1.807) is 13.3 Å². The molecule has 1 saturated carbocycles. The molecule has 4 heterocycles. The maximum atomic E-state index is 5.37. The van der Waals surface area contributed by atoms with Crippen LogP contribution in [0.2, 0.25) is 0 Å². The van der Waals surface area contributed by atoms with Crippen LogP contribution >= 0.6 is 22.6 Å². The van der Waals surface area contributed by atoms with Gasteiger partial charge in [0.2, 0.25) is 5.89 Å². The summed E-state index contributed by atoms with van der Waals surface area (Å²) >= 11 is 2.54. The Hall–Kier alpha value is -2.08. The van der Waals surface area contributed by atoms with Crippen molar-refractivity contribution in [1.82, 2.24) is 34.7 Å². The number of hydrogen-bond donors (Lipinski definition) is 1. The molecule has 4 aromatic rings. The van der Waals surface area contributed by atoms with Gasteiger partial charge >= 0.3 is 0 Å². The first-order valence-corrected chi connectivity index (χ1v) is 10.1.